The summed E-state index contributed by atoms with van der Waals surface area (Å²) in [7, 11) is 1.55. The normalized spacial score (nSPS) is 19.8. The topological polar surface area (TPSA) is 98.8 Å². The zero-order valence-electron chi connectivity index (χ0n) is 14.2. The van der Waals surface area contributed by atoms with Crippen molar-refractivity contribution in [1.82, 2.24) is 4.98 Å². The number of nitrogens with zero attached hydrogens (tertiary/aromatic N) is 2. The van der Waals surface area contributed by atoms with Gasteiger partial charge in [0.05, 0.1) is 19.9 Å². The summed E-state index contributed by atoms with van der Waals surface area (Å²) in [5, 5.41) is 2.84. The number of amidine groups is 1. The van der Waals surface area contributed by atoms with Gasteiger partial charge in [0, 0.05) is 5.69 Å². The van der Waals surface area contributed by atoms with Gasteiger partial charge in [-0.1, -0.05) is 12.1 Å². The third-order valence-corrected chi connectivity index (χ3v) is 3.97. The predicted octanol–water partition coefficient (Wildman–Crippen LogP) is 1.95. The average Bonchev–Trinajstić information content (AvgIpc) is 2.62. The molecule has 1 amide bonds. The second-order valence-corrected chi connectivity index (χ2v) is 5.99. The van der Waals surface area contributed by atoms with Crippen molar-refractivity contribution in [3.8, 4) is 5.75 Å². The van der Waals surface area contributed by atoms with Crippen molar-refractivity contribution < 1.29 is 14.3 Å². The molecule has 3 rings (SSSR count). The van der Waals surface area contributed by atoms with Crippen molar-refractivity contribution in [2.45, 2.75) is 12.5 Å². The Morgan fingerprint density at radius 1 is 1.36 bits per heavy atom. The number of anilines is 1. The molecule has 1 aromatic heterocycles. The molecule has 0 saturated carbocycles. The van der Waals surface area contributed by atoms with E-state index in [-0.39, 0.29) is 5.91 Å². The molecule has 2 heterocycles. The van der Waals surface area contributed by atoms with Crippen LogP contribution in [0.5, 0.6) is 5.75 Å². The van der Waals surface area contributed by atoms with Gasteiger partial charge in [-0.05, 0) is 36.8 Å². The Kier molecular flexibility index (Phi) is 4.67. The van der Waals surface area contributed by atoms with Crippen LogP contribution in [-0.2, 0) is 10.3 Å². The molecule has 1 aromatic carbocycles. The molecule has 7 heteroatoms. The molecule has 25 heavy (non-hydrogen) atoms. The smallest absolute Gasteiger partial charge is 0.274 e. The van der Waals surface area contributed by atoms with Gasteiger partial charge in [-0.3, -0.25) is 9.79 Å². The standard InChI is InChI=1S/C18H20N4O3/c1-18(11-25-10-16(19)22-18)12-4-3-5-13(8-12)21-17(23)15-7-6-14(24-2)9-20-15/h3-9H,10-11H2,1-2H3,(H2,19,22)(H,21,23)/t18-/m0/s1. The monoisotopic (exact) mass is 340 g/mol. The number of aromatic nitrogens is 1. The van der Waals surface area contributed by atoms with Crippen LogP contribution >= 0.6 is 0 Å². The molecular formula is C18H20N4O3. The van der Waals surface area contributed by atoms with Gasteiger partial charge in [0.15, 0.2) is 0 Å². The number of nitrogens with two attached hydrogens (primary N) is 1. The maximum absolute atomic E-state index is 12.3. The first-order valence-electron chi connectivity index (χ1n) is 7.84. The number of hydrogen-bond acceptors (Lipinski definition) is 6. The first-order valence-corrected chi connectivity index (χ1v) is 7.84. The van der Waals surface area contributed by atoms with Crippen LogP contribution in [0.15, 0.2) is 47.6 Å². The molecule has 0 saturated heterocycles. The highest BCUT2D eigenvalue weighted by molar-refractivity contribution is 6.02. The van der Waals surface area contributed by atoms with Crippen LogP contribution in [0.25, 0.3) is 0 Å². The van der Waals surface area contributed by atoms with E-state index in [1.54, 1.807) is 19.2 Å². The summed E-state index contributed by atoms with van der Waals surface area (Å²) >= 11 is 0. The summed E-state index contributed by atoms with van der Waals surface area (Å²) in [5.41, 5.74) is 7.11. The Labute approximate surface area is 145 Å². The van der Waals surface area contributed by atoms with Crippen molar-refractivity contribution in [2.24, 2.45) is 10.7 Å². The Bertz CT molecular complexity index is 804. The number of pyridine rings is 1. The molecule has 0 aliphatic carbocycles. The highest BCUT2D eigenvalue weighted by Gasteiger charge is 2.30. The minimum Gasteiger partial charge on any atom is -0.495 e. The molecule has 1 aliphatic heterocycles. The number of nitrogens with one attached hydrogen (secondary N) is 1. The lowest BCUT2D eigenvalue weighted by Gasteiger charge is -2.30. The largest absolute Gasteiger partial charge is 0.495 e. The first kappa shape index (κ1) is 16.9. The summed E-state index contributed by atoms with van der Waals surface area (Å²) in [4.78, 5) is 20.9. The van der Waals surface area contributed by atoms with E-state index < -0.39 is 5.54 Å². The number of methoxy groups -OCH3 is 1. The minimum absolute atomic E-state index is 0.298. The van der Waals surface area contributed by atoms with E-state index in [1.807, 2.05) is 31.2 Å². The number of carbonyl (C=O) groups excluding carboxylic acids is 1. The maximum Gasteiger partial charge on any atom is 0.274 e. The fraction of sp³-hybridized carbons (Fsp3) is 0.278. The van der Waals surface area contributed by atoms with Crippen LogP contribution < -0.4 is 15.8 Å². The lowest BCUT2D eigenvalue weighted by Crippen LogP contribution is -2.37. The van der Waals surface area contributed by atoms with Crippen LogP contribution in [0.3, 0.4) is 0 Å². The van der Waals surface area contributed by atoms with Crippen molar-refractivity contribution in [1.29, 1.82) is 0 Å². The highest BCUT2D eigenvalue weighted by atomic mass is 16.5. The lowest BCUT2D eigenvalue weighted by molar-refractivity contribution is 0.102. The van der Waals surface area contributed by atoms with E-state index in [0.29, 0.717) is 36.2 Å². The van der Waals surface area contributed by atoms with Gasteiger partial charge in [-0.25, -0.2) is 4.98 Å². The lowest BCUT2D eigenvalue weighted by atomic mass is 9.92. The van der Waals surface area contributed by atoms with Gasteiger partial charge in [0.1, 0.15) is 29.4 Å². The molecule has 0 unspecified atom stereocenters. The van der Waals surface area contributed by atoms with Crippen LogP contribution in [0.2, 0.25) is 0 Å². The van der Waals surface area contributed by atoms with Gasteiger partial charge in [-0.15, -0.1) is 0 Å². The highest BCUT2D eigenvalue weighted by Crippen LogP contribution is 2.30. The SMILES string of the molecule is COc1ccc(C(=O)Nc2cccc([C@]3(C)COCC(N)=N3)c2)nc1. The third kappa shape index (κ3) is 3.77. The summed E-state index contributed by atoms with van der Waals surface area (Å²) in [6.45, 7) is 2.73. The molecule has 3 N–H and O–H groups in total. The molecule has 1 aliphatic rings. The van der Waals surface area contributed by atoms with E-state index >= 15 is 0 Å². The fourth-order valence-electron chi connectivity index (χ4n) is 2.65. The van der Waals surface area contributed by atoms with Gasteiger partial charge < -0.3 is 20.5 Å². The van der Waals surface area contributed by atoms with Crippen molar-refractivity contribution in [3.05, 3.63) is 53.9 Å². The Morgan fingerprint density at radius 2 is 2.20 bits per heavy atom. The second-order valence-electron chi connectivity index (χ2n) is 5.99. The molecule has 1 atom stereocenters. The van der Waals surface area contributed by atoms with E-state index in [2.05, 4.69) is 15.3 Å². The third-order valence-electron chi connectivity index (χ3n) is 3.97. The number of carbonyl (C=O) groups is 1. The zero-order valence-corrected chi connectivity index (χ0v) is 14.2. The predicted molar refractivity (Wildman–Crippen MR) is 95.0 cm³/mol. The average molecular weight is 340 g/mol. The van der Waals surface area contributed by atoms with Crippen molar-refractivity contribution >= 4 is 17.4 Å². The summed E-state index contributed by atoms with van der Waals surface area (Å²) < 4.78 is 10.5. The maximum atomic E-state index is 12.3. The van der Waals surface area contributed by atoms with Gasteiger partial charge >= 0.3 is 0 Å². The number of benzene rings is 1. The van der Waals surface area contributed by atoms with Crippen LogP contribution in [0.4, 0.5) is 5.69 Å². The van der Waals surface area contributed by atoms with Crippen LogP contribution in [0, 0.1) is 0 Å². The number of rotatable bonds is 4. The van der Waals surface area contributed by atoms with E-state index in [1.165, 1.54) is 6.20 Å². The first-order chi connectivity index (χ1) is 12.0. The molecule has 7 nitrogen and oxygen atoms in total. The van der Waals surface area contributed by atoms with E-state index in [0.717, 1.165) is 5.56 Å². The van der Waals surface area contributed by atoms with Crippen molar-refractivity contribution in [3.63, 3.8) is 0 Å². The van der Waals surface area contributed by atoms with Gasteiger partial charge in [0.25, 0.3) is 5.91 Å². The fourth-order valence-corrected chi connectivity index (χ4v) is 2.65. The van der Waals surface area contributed by atoms with E-state index in [9.17, 15) is 4.79 Å². The number of hydrogen-bond donors (Lipinski definition) is 2. The molecule has 0 bridgehead atoms. The second kappa shape index (κ2) is 6.90. The quantitative estimate of drug-likeness (QED) is 0.886. The van der Waals surface area contributed by atoms with Gasteiger partial charge in [0.2, 0.25) is 0 Å². The van der Waals surface area contributed by atoms with Crippen LogP contribution in [0.1, 0.15) is 23.0 Å². The number of aliphatic imine (C=N–C) groups is 1. The Hall–Kier alpha value is -2.93. The Morgan fingerprint density at radius 3 is 2.88 bits per heavy atom. The summed E-state index contributed by atoms with van der Waals surface area (Å²) in [5.74, 6) is 0.762. The molecule has 0 radical (unpaired) electrons. The molecule has 130 valence electrons. The number of amides is 1. The number of ether oxygens (including phenoxy) is 2. The van der Waals surface area contributed by atoms with Crippen molar-refractivity contribution in [2.75, 3.05) is 25.6 Å². The summed E-state index contributed by atoms with van der Waals surface area (Å²) in [6.07, 6.45) is 1.50. The molecule has 2 aromatic rings. The minimum atomic E-state index is -0.568. The van der Waals surface area contributed by atoms with E-state index in [4.69, 9.17) is 15.2 Å². The zero-order chi connectivity index (χ0) is 17.9. The summed E-state index contributed by atoms with van der Waals surface area (Å²) in [6, 6.07) is 10.8. The molecule has 0 fully saturated rings. The van der Waals surface area contributed by atoms with Gasteiger partial charge in [-0.2, -0.15) is 0 Å². The Balaban J connectivity index is 1.79. The molecular weight excluding hydrogens is 320 g/mol. The van der Waals surface area contributed by atoms with Crippen LogP contribution in [-0.4, -0.2) is 37.1 Å². The molecule has 0 spiro atoms.